The predicted molar refractivity (Wildman–Crippen MR) is 68.7 cm³/mol. The van der Waals surface area contributed by atoms with E-state index in [1.54, 1.807) is 20.8 Å². The van der Waals surface area contributed by atoms with Gasteiger partial charge in [0.2, 0.25) is 0 Å². The lowest BCUT2D eigenvalue weighted by Crippen LogP contribution is -2.35. The molecule has 0 aliphatic carbocycles. The second kappa shape index (κ2) is 7.25. The van der Waals surface area contributed by atoms with Crippen molar-refractivity contribution >= 4 is 11.8 Å². The van der Waals surface area contributed by atoms with E-state index in [4.69, 9.17) is 4.74 Å². The average molecular weight is 240 g/mol. The van der Waals surface area contributed by atoms with Gasteiger partial charge in [-0.15, -0.1) is 0 Å². The first-order chi connectivity index (χ1) is 7.82. The van der Waals surface area contributed by atoms with Crippen LogP contribution in [0.5, 0.6) is 0 Å². The van der Waals surface area contributed by atoms with E-state index in [1.807, 2.05) is 13.8 Å². The third-order valence-electron chi connectivity index (χ3n) is 2.64. The van der Waals surface area contributed by atoms with Crippen LogP contribution >= 0.6 is 0 Å². The molecule has 0 amide bonds. The summed E-state index contributed by atoms with van der Waals surface area (Å²) in [6.07, 6.45) is 4.19. The van der Waals surface area contributed by atoms with E-state index in [0.717, 1.165) is 12.8 Å². The Morgan fingerprint density at radius 2 is 1.82 bits per heavy atom. The highest BCUT2D eigenvalue weighted by molar-refractivity contribution is 6.02. The molecule has 3 heteroatoms. The van der Waals surface area contributed by atoms with Crippen molar-refractivity contribution in [3.8, 4) is 0 Å². The lowest BCUT2D eigenvalue weighted by atomic mass is 9.85. The number of rotatable bonds is 7. The zero-order chi connectivity index (χ0) is 13.5. The standard InChI is InChI=1S/C14H24O3/c1-6-17-13(16)14(4,5)12(15)10-8-7-9-11(2)3/h9H,6-8,10H2,1-5H3. The first-order valence-corrected chi connectivity index (χ1v) is 6.16. The van der Waals surface area contributed by atoms with E-state index in [2.05, 4.69) is 6.08 Å². The first-order valence-electron chi connectivity index (χ1n) is 6.16. The molecule has 0 saturated carbocycles. The number of esters is 1. The zero-order valence-corrected chi connectivity index (χ0v) is 11.6. The van der Waals surface area contributed by atoms with Gasteiger partial charge in [-0.3, -0.25) is 9.59 Å². The molecule has 0 aromatic rings. The van der Waals surface area contributed by atoms with Crippen LogP contribution in [0.25, 0.3) is 0 Å². The van der Waals surface area contributed by atoms with Gasteiger partial charge in [-0.2, -0.15) is 0 Å². The molecular weight excluding hydrogens is 216 g/mol. The molecule has 0 saturated heterocycles. The number of carbonyl (C=O) groups excluding carboxylic acids is 2. The van der Waals surface area contributed by atoms with Gasteiger partial charge < -0.3 is 4.74 Å². The number of hydrogen-bond donors (Lipinski definition) is 0. The molecule has 0 aliphatic rings. The van der Waals surface area contributed by atoms with Crippen LogP contribution in [0.3, 0.4) is 0 Å². The van der Waals surface area contributed by atoms with Crippen molar-refractivity contribution in [1.29, 1.82) is 0 Å². The topological polar surface area (TPSA) is 43.4 Å². The lowest BCUT2D eigenvalue weighted by Gasteiger charge is -2.20. The molecule has 0 N–H and O–H groups in total. The first kappa shape index (κ1) is 15.9. The number of ketones is 1. The Kier molecular flexibility index (Phi) is 6.78. The number of hydrogen-bond acceptors (Lipinski definition) is 3. The number of Topliss-reactive ketones (excluding diaryl/α,β-unsaturated/α-hetero) is 1. The minimum Gasteiger partial charge on any atom is -0.465 e. The molecule has 0 aliphatic heterocycles. The Morgan fingerprint density at radius 3 is 2.29 bits per heavy atom. The van der Waals surface area contributed by atoms with Crippen LogP contribution in [0.4, 0.5) is 0 Å². The van der Waals surface area contributed by atoms with Crippen LogP contribution in [0.2, 0.25) is 0 Å². The maximum absolute atomic E-state index is 11.9. The summed E-state index contributed by atoms with van der Waals surface area (Å²) >= 11 is 0. The Bertz CT molecular complexity index is 297. The van der Waals surface area contributed by atoms with Crippen molar-refractivity contribution in [1.82, 2.24) is 0 Å². The summed E-state index contributed by atoms with van der Waals surface area (Å²) in [5, 5.41) is 0. The minimum absolute atomic E-state index is 0.0434. The molecule has 0 spiro atoms. The van der Waals surface area contributed by atoms with Crippen LogP contribution in [0.15, 0.2) is 11.6 Å². The summed E-state index contributed by atoms with van der Waals surface area (Å²) in [5.41, 5.74) is 0.239. The van der Waals surface area contributed by atoms with Crippen molar-refractivity contribution < 1.29 is 14.3 Å². The van der Waals surface area contributed by atoms with Gasteiger partial charge in [0.25, 0.3) is 0 Å². The smallest absolute Gasteiger partial charge is 0.319 e. The van der Waals surface area contributed by atoms with Crippen LogP contribution in [0, 0.1) is 5.41 Å². The highest BCUT2D eigenvalue weighted by Crippen LogP contribution is 2.22. The molecule has 0 aromatic carbocycles. The normalized spacial score (nSPS) is 10.9. The van der Waals surface area contributed by atoms with Crippen molar-refractivity contribution in [3.63, 3.8) is 0 Å². The Labute approximate surface area is 104 Å². The maximum atomic E-state index is 11.9. The fraction of sp³-hybridized carbons (Fsp3) is 0.714. The second-order valence-corrected chi connectivity index (χ2v) is 4.94. The summed E-state index contributed by atoms with van der Waals surface area (Å²) in [6.45, 7) is 9.39. The van der Waals surface area contributed by atoms with E-state index < -0.39 is 11.4 Å². The third kappa shape index (κ3) is 5.66. The molecular formula is C14H24O3. The number of unbranched alkanes of at least 4 members (excludes halogenated alkanes) is 1. The molecule has 0 rings (SSSR count). The van der Waals surface area contributed by atoms with Crippen LogP contribution in [-0.2, 0) is 14.3 Å². The molecule has 0 atom stereocenters. The van der Waals surface area contributed by atoms with Gasteiger partial charge in [0.05, 0.1) is 6.61 Å². The Hall–Kier alpha value is -1.12. The van der Waals surface area contributed by atoms with Crippen molar-refractivity contribution in [2.45, 2.75) is 53.9 Å². The van der Waals surface area contributed by atoms with Gasteiger partial charge in [-0.1, -0.05) is 11.6 Å². The summed E-state index contributed by atoms with van der Waals surface area (Å²) in [4.78, 5) is 23.5. The largest absolute Gasteiger partial charge is 0.465 e. The van der Waals surface area contributed by atoms with E-state index >= 15 is 0 Å². The van der Waals surface area contributed by atoms with Crippen LogP contribution in [-0.4, -0.2) is 18.4 Å². The minimum atomic E-state index is -1.01. The van der Waals surface area contributed by atoms with E-state index in [-0.39, 0.29) is 5.78 Å². The van der Waals surface area contributed by atoms with Crippen molar-refractivity contribution in [3.05, 3.63) is 11.6 Å². The zero-order valence-electron chi connectivity index (χ0n) is 11.6. The van der Waals surface area contributed by atoms with Crippen molar-refractivity contribution in [2.24, 2.45) is 5.41 Å². The molecule has 17 heavy (non-hydrogen) atoms. The molecule has 0 bridgehead atoms. The molecule has 0 fully saturated rings. The number of allylic oxidation sites excluding steroid dienone is 2. The van der Waals surface area contributed by atoms with Crippen LogP contribution in [0.1, 0.15) is 53.9 Å². The average Bonchev–Trinajstić information content (AvgIpc) is 2.23. The Balaban J connectivity index is 4.21. The highest BCUT2D eigenvalue weighted by Gasteiger charge is 2.36. The molecule has 0 unspecified atom stereocenters. The van der Waals surface area contributed by atoms with E-state index in [1.165, 1.54) is 5.57 Å². The van der Waals surface area contributed by atoms with Gasteiger partial charge in [-0.25, -0.2) is 0 Å². The van der Waals surface area contributed by atoms with Gasteiger partial charge >= 0.3 is 5.97 Å². The predicted octanol–water partition coefficient (Wildman–Crippen LogP) is 3.28. The summed E-state index contributed by atoms with van der Waals surface area (Å²) in [7, 11) is 0. The SMILES string of the molecule is CCOC(=O)C(C)(C)C(=O)CCCC=C(C)C. The number of carbonyl (C=O) groups is 2. The lowest BCUT2D eigenvalue weighted by molar-refractivity contribution is -0.157. The summed E-state index contributed by atoms with van der Waals surface area (Å²) in [6, 6.07) is 0. The monoisotopic (exact) mass is 240 g/mol. The van der Waals surface area contributed by atoms with Crippen LogP contribution < -0.4 is 0 Å². The van der Waals surface area contributed by atoms with Gasteiger partial charge in [0, 0.05) is 6.42 Å². The van der Waals surface area contributed by atoms with Gasteiger partial charge in [0.15, 0.2) is 0 Å². The van der Waals surface area contributed by atoms with E-state index in [0.29, 0.717) is 13.0 Å². The van der Waals surface area contributed by atoms with Gasteiger partial charge in [-0.05, 0) is 47.5 Å². The fourth-order valence-corrected chi connectivity index (χ4v) is 1.39. The quantitative estimate of drug-likeness (QED) is 0.297. The molecule has 98 valence electrons. The molecule has 0 aromatic heterocycles. The van der Waals surface area contributed by atoms with E-state index in [9.17, 15) is 9.59 Å². The third-order valence-corrected chi connectivity index (χ3v) is 2.64. The summed E-state index contributed by atoms with van der Waals surface area (Å²) < 4.78 is 4.90. The number of ether oxygens (including phenoxy) is 1. The molecule has 0 radical (unpaired) electrons. The maximum Gasteiger partial charge on any atom is 0.319 e. The summed E-state index contributed by atoms with van der Waals surface area (Å²) in [5.74, 6) is -0.467. The highest BCUT2D eigenvalue weighted by atomic mass is 16.5. The molecule has 3 nitrogen and oxygen atoms in total. The fourth-order valence-electron chi connectivity index (χ4n) is 1.39. The molecule has 0 heterocycles. The van der Waals surface area contributed by atoms with Gasteiger partial charge in [0.1, 0.15) is 11.2 Å². The Morgan fingerprint density at radius 1 is 1.24 bits per heavy atom. The second-order valence-electron chi connectivity index (χ2n) is 4.94. The van der Waals surface area contributed by atoms with Crippen molar-refractivity contribution in [2.75, 3.05) is 6.61 Å².